The first-order chi connectivity index (χ1) is 23.8. The van der Waals surface area contributed by atoms with Crippen LogP contribution in [0.4, 0.5) is 0 Å². The molecule has 0 amide bonds. The van der Waals surface area contributed by atoms with Crippen LogP contribution in [0.2, 0.25) is 0 Å². The van der Waals surface area contributed by atoms with Crippen molar-refractivity contribution in [3.05, 3.63) is 212 Å². The number of nitrogens with zero attached hydrogens (tertiary/aromatic N) is 1. The van der Waals surface area contributed by atoms with Crippen molar-refractivity contribution in [2.24, 2.45) is 0 Å². The third-order valence-electron chi connectivity index (χ3n) is 8.94. The van der Waals surface area contributed by atoms with E-state index in [1.165, 1.54) is 21.5 Å². The minimum absolute atomic E-state index is 0.388. The van der Waals surface area contributed by atoms with Crippen LogP contribution in [0.3, 0.4) is 0 Å². The Labute approximate surface area is 292 Å². The third-order valence-corrected chi connectivity index (χ3v) is 31.9. The average Bonchev–Trinajstić information content (AvgIpc) is 3.18. The van der Waals surface area contributed by atoms with Crippen LogP contribution in [0.25, 0.3) is 0 Å². The molecule has 6 aromatic carbocycles. The predicted molar refractivity (Wildman–Crippen MR) is 202 cm³/mol. The molecule has 0 N–H and O–H groups in total. The van der Waals surface area contributed by atoms with E-state index in [1.54, 1.807) is 0 Å². The maximum absolute atomic E-state index is 7.43. The molecule has 0 unspecified atom stereocenters. The summed E-state index contributed by atoms with van der Waals surface area (Å²) >= 11 is -7.93. The van der Waals surface area contributed by atoms with Crippen LogP contribution < -0.4 is 21.5 Å². The van der Waals surface area contributed by atoms with Crippen LogP contribution in [0, 0.1) is 0 Å². The second-order valence-corrected chi connectivity index (χ2v) is 31.1. The van der Waals surface area contributed by atoms with Crippen LogP contribution in [0.15, 0.2) is 200 Å². The Hall–Kier alpha value is -4.01. The Kier molecular flexibility index (Phi) is 10.5. The molecule has 0 aliphatic carbocycles. The summed E-state index contributed by atoms with van der Waals surface area (Å²) in [6.45, 7) is 0.824. The summed E-state index contributed by atoms with van der Waals surface area (Å²) in [4.78, 5) is 4.93. The first kappa shape index (κ1) is 32.5. The maximum atomic E-state index is 7.43. The molecule has 0 bridgehead atoms. The molecule has 0 aliphatic rings. The van der Waals surface area contributed by atoms with Crippen LogP contribution >= 0.6 is 0 Å². The molecule has 1 aromatic heterocycles. The molecule has 7 rings (SSSR count). The normalized spacial score (nSPS) is 11.7. The molecular formula is C43H37NO2Sn2. The molecule has 0 radical (unpaired) electrons. The predicted octanol–water partition coefficient (Wildman–Crippen LogP) is 5.45. The van der Waals surface area contributed by atoms with Gasteiger partial charge in [-0.1, -0.05) is 0 Å². The number of pyridine rings is 1. The van der Waals surface area contributed by atoms with Gasteiger partial charge in [-0.15, -0.1) is 0 Å². The molecule has 0 fully saturated rings. The molecule has 0 aliphatic heterocycles. The van der Waals surface area contributed by atoms with E-state index in [4.69, 9.17) is 11.1 Å². The second-order valence-electron chi connectivity index (χ2n) is 11.7. The Morgan fingerprint density at radius 3 is 0.938 bits per heavy atom. The molecule has 7 aromatic rings. The number of hydrogen-bond donors (Lipinski definition) is 0. The molecule has 3 nitrogen and oxygen atoms in total. The van der Waals surface area contributed by atoms with Crippen molar-refractivity contribution in [1.82, 2.24) is 4.98 Å². The molecule has 5 heteroatoms. The number of hydrogen-bond acceptors (Lipinski definition) is 3. The summed E-state index contributed by atoms with van der Waals surface area (Å²) in [5.41, 5.74) is 1.96. The van der Waals surface area contributed by atoms with Crippen molar-refractivity contribution in [1.29, 1.82) is 0 Å². The van der Waals surface area contributed by atoms with E-state index in [0.29, 0.717) is 13.2 Å². The molecular weight excluding hydrogens is 800 g/mol. The van der Waals surface area contributed by atoms with Gasteiger partial charge in [0, 0.05) is 0 Å². The van der Waals surface area contributed by atoms with Gasteiger partial charge in [0.1, 0.15) is 0 Å². The summed E-state index contributed by atoms with van der Waals surface area (Å²) in [5.74, 6) is 0. The first-order valence-corrected chi connectivity index (χ1v) is 27.2. The van der Waals surface area contributed by atoms with Crippen molar-refractivity contribution in [2.75, 3.05) is 0 Å². The number of aromatic nitrogens is 1. The van der Waals surface area contributed by atoms with Gasteiger partial charge in [-0.2, -0.15) is 0 Å². The van der Waals surface area contributed by atoms with E-state index in [9.17, 15) is 0 Å². The monoisotopic (exact) mass is 839 g/mol. The van der Waals surface area contributed by atoms with Gasteiger partial charge in [0.15, 0.2) is 0 Å². The van der Waals surface area contributed by atoms with Gasteiger partial charge in [0.2, 0.25) is 0 Å². The van der Waals surface area contributed by atoms with E-state index in [0.717, 1.165) is 11.3 Å². The quantitative estimate of drug-likeness (QED) is 0.154. The summed E-state index contributed by atoms with van der Waals surface area (Å²) in [6.07, 6.45) is 1.87. The van der Waals surface area contributed by atoms with E-state index < -0.39 is 37.6 Å². The Balaban J connectivity index is 1.29. The second kappa shape index (κ2) is 15.5. The molecule has 0 atom stereocenters. The summed E-state index contributed by atoms with van der Waals surface area (Å²) < 4.78 is 22.5. The van der Waals surface area contributed by atoms with Crippen molar-refractivity contribution in [2.45, 2.75) is 13.2 Å². The van der Waals surface area contributed by atoms with Crippen LogP contribution in [0.1, 0.15) is 11.3 Å². The van der Waals surface area contributed by atoms with Crippen LogP contribution in [0.5, 0.6) is 0 Å². The first-order valence-electron chi connectivity index (χ1n) is 16.3. The zero-order valence-corrected chi connectivity index (χ0v) is 32.4. The standard InChI is InChI=1S/C7H7NO2.6C6H5.2Sn/c9-4-6-2-1-3-8-7(6)5-10;6*1-2-4-6-5-3-1;;/h1-3H,4-5H2;6*1-5H;;/q-2;;;;;;;2*+1. The summed E-state index contributed by atoms with van der Waals surface area (Å²) in [6, 6.07) is 69.0. The SMILES string of the molecule is c1cc[c]([Sn]([O]Cc2cccnc2C[O][Sn]([c]2ccccc2)([c]2ccccc2)[c]2ccccc2)([c]2ccccc2)[c]2ccccc2)cc1. The summed E-state index contributed by atoms with van der Waals surface area (Å²) in [7, 11) is 0. The molecule has 234 valence electrons. The van der Waals surface area contributed by atoms with Crippen LogP contribution in [-0.2, 0) is 19.4 Å². The van der Waals surface area contributed by atoms with Gasteiger partial charge in [0.25, 0.3) is 0 Å². The fourth-order valence-corrected chi connectivity index (χ4v) is 28.6. The molecule has 1 heterocycles. The van der Waals surface area contributed by atoms with E-state index in [2.05, 4.69) is 188 Å². The van der Waals surface area contributed by atoms with E-state index in [1.807, 2.05) is 12.3 Å². The molecule has 48 heavy (non-hydrogen) atoms. The van der Waals surface area contributed by atoms with Gasteiger partial charge in [-0.3, -0.25) is 0 Å². The zero-order chi connectivity index (χ0) is 32.5. The molecule has 0 saturated carbocycles. The van der Waals surface area contributed by atoms with E-state index >= 15 is 0 Å². The number of benzene rings is 6. The van der Waals surface area contributed by atoms with Gasteiger partial charge < -0.3 is 0 Å². The Bertz CT molecular complexity index is 1670. The zero-order valence-electron chi connectivity index (χ0n) is 26.7. The van der Waals surface area contributed by atoms with Gasteiger partial charge in [-0.25, -0.2) is 0 Å². The van der Waals surface area contributed by atoms with Crippen molar-refractivity contribution >= 4 is 59.1 Å². The minimum atomic E-state index is -3.97. The van der Waals surface area contributed by atoms with E-state index in [-0.39, 0.29) is 0 Å². The third kappa shape index (κ3) is 6.65. The van der Waals surface area contributed by atoms with Gasteiger partial charge >= 0.3 is 295 Å². The fourth-order valence-electron chi connectivity index (χ4n) is 6.63. The Morgan fingerprint density at radius 1 is 0.333 bits per heavy atom. The molecule has 0 spiro atoms. The molecule has 0 saturated heterocycles. The van der Waals surface area contributed by atoms with Crippen molar-refractivity contribution in [3.8, 4) is 0 Å². The topological polar surface area (TPSA) is 31.4 Å². The average molecular weight is 837 g/mol. The summed E-state index contributed by atoms with van der Waals surface area (Å²) in [5, 5.41) is 0. The van der Waals surface area contributed by atoms with Gasteiger partial charge in [0.05, 0.1) is 0 Å². The van der Waals surface area contributed by atoms with Crippen molar-refractivity contribution in [3.63, 3.8) is 0 Å². The van der Waals surface area contributed by atoms with Gasteiger partial charge in [-0.05, 0) is 0 Å². The van der Waals surface area contributed by atoms with Crippen LogP contribution in [-0.4, -0.2) is 42.6 Å². The van der Waals surface area contributed by atoms with Crippen molar-refractivity contribution < 1.29 is 6.15 Å². The fraction of sp³-hybridized carbons (Fsp3) is 0.0465. The number of rotatable bonds is 12. The Morgan fingerprint density at radius 2 is 0.625 bits per heavy atom.